The lowest BCUT2D eigenvalue weighted by Crippen LogP contribution is -2.37. The molecule has 102 valence electrons. The van der Waals surface area contributed by atoms with Crippen molar-refractivity contribution in [2.75, 3.05) is 6.61 Å². The molecular formula is C14H29NO2. The highest BCUT2D eigenvalue weighted by molar-refractivity contribution is 5.76. The van der Waals surface area contributed by atoms with E-state index in [-0.39, 0.29) is 18.6 Å². The summed E-state index contributed by atoms with van der Waals surface area (Å²) in [5.74, 6) is 0.0941. The minimum Gasteiger partial charge on any atom is -0.394 e. The number of carbonyl (C=O) groups excluding carboxylic acids is 1. The molecule has 0 aromatic carbocycles. The number of rotatable bonds is 11. The molecule has 1 atom stereocenters. The van der Waals surface area contributed by atoms with E-state index in [4.69, 9.17) is 5.11 Å². The number of hydrogen-bond donors (Lipinski definition) is 2. The van der Waals surface area contributed by atoms with E-state index in [0.717, 1.165) is 32.1 Å². The smallest absolute Gasteiger partial charge is 0.220 e. The van der Waals surface area contributed by atoms with Crippen molar-refractivity contribution in [2.24, 2.45) is 0 Å². The van der Waals surface area contributed by atoms with E-state index in [1.165, 1.54) is 19.3 Å². The molecule has 0 bridgehead atoms. The Bertz CT molecular complexity index is 183. The van der Waals surface area contributed by atoms with Gasteiger partial charge in [0, 0.05) is 6.42 Å². The first-order valence-corrected chi connectivity index (χ1v) is 7.14. The van der Waals surface area contributed by atoms with Crippen LogP contribution in [0.4, 0.5) is 0 Å². The summed E-state index contributed by atoms with van der Waals surface area (Å²) in [4.78, 5) is 11.6. The van der Waals surface area contributed by atoms with Crippen molar-refractivity contribution in [1.29, 1.82) is 0 Å². The average Bonchev–Trinajstić information content (AvgIpc) is 2.34. The zero-order valence-electron chi connectivity index (χ0n) is 11.5. The van der Waals surface area contributed by atoms with Crippen LogP contribution < -0.4 is 5.32 Å². The zero-order chi connectivity index (χ0) is 12.9. The molecule has 0 aromatic heterocycles. The van der Waals surface area contributed by atoms with Gasteiger partial charge in [0.15, 0.2) is 0 Å². The summed E-state index contributed by atoms with van der Waals surface area (Å²) in [6.45, 7) is 4.36. The van der Waals surface area contributed by atoms with E-state index in [1.807, 2.05) is 0 Å². The van der Waals surface area contributed by atoms with Crippen molar-refractivity contribution >= 4 is 5.91 Å². The quantitative estimate of drug-likeness (QED) is 0.548. The first-order valence-electron chi connectivity index (χ1n) is 7.14. The minimum atomic E-state index is -0.0434. The Hall–Kier alpha value is -0.570. The average molecular weight is 243 g/mol. The summed E-state index contributed by atoms with van der Waals surface area (Å²) in [5, 5.41) is 12.0. The summed E-state index contributed by atoms with van der Waals surface area (Å²) in [5.41, 5.74) is 0. The summed E-state index contributed by atoms with van der Waals surface area (Å²) in [6.07, 6.45) is 9.47. The van der Waals surface area contributed by atoms with E-state index in [1.54, 1.807) is 0 Å². The molecule has 3 heteroatoms. The van der Waals surface area contributed by atoms with Crippen molar-refractivity contribution in [3.05, 3.63) is 0 Å². The van der Waals surface area contributed by atoms with Gasteiger partial charge in [-0.15, -0.1) is 0 Å². The normalized spacial score (nSPS) is 12.4. The third kappa shape index (κ3) is 10.3. The lowest BCUT2D eigenvalue weighted by Gasteiger charge is -2.15. The molecule has 3 nitrogen and oxygen atoms in total. The number of unbranched alkanes of at least 4 members (excludes halogenated alkanes) is 5. The van der Waals surface area contributed by atoms with Crippen LogP contribution in [0.15, 0.2) is 0 Å². The van der Waals surface area contributed by atoms with Crippen molar-refractivity contribution in [2.45, 2.75) is 77.7 Å². The second-order valence-electron chi connectivity index (χ2n) is 4.75. The zero-order valence-corrected chi connectivity index (χ0v) is 11.5. The van der Waals surface area contributed by atoms with E-state index in [2.05, 4.69) is 19.2 Å². The summed E-state index contributed by atoms with van der Waals surface area (Å²) in [6, 6.07) is -0.0434. The van der Waals surface area contributed by atoms with Crippen LogP contribution in [0, 0.1) is 0 Å². The third-order valence-electron chi connectivity index (χ3n) is 3.00. The predicted octanol–water partition coefficient (Wildman–Crippen LogP) is 3.01. The highest BCUT2D eigenvalue weighted by Gasteiger charge is 2.10. The van der Waals surface area contributed by atoms with Gasteiger partial charge in [-0.25, -0.2) is 0 Å². The molecule has 0 radical (unpaired) electrons. The van der Waals surface area contributed by atoms with Crippen LogP contribution in [-0.4, -0.2) is 23.7 Å². The van der Waals surface area contributed by atoms with Crippen LogP contribution in [0.25, 0.3) is 0 Å². The molecule has 1 amide bonds. The Morgan fingerprint density at radius 1 is 1.06 bits per heavy atom. The summed E-state index contributed by atoms with van der Waals surface area (Å²) in [7, 11) is 0. The number of hydrogen-bond acceptors (Lipinski definition) is 2. The van der Waals surface area contributed by atoms with E-state index in [0.29, 0.717) is 6.42 Å². The molecule has 0 saturated heterocycles. The molecule has 0 spiro atoms. The van der Waals surface area contributed by atoms with Gasteiger partial charge in [0.1, 0.15) is 0 Å². The van der Waals surface area contributed by atoms with Gasteiger partial charge in [-0.1, -0.05) is 52.4 Å². The van der Waals surface area contributed by atoms with Gasteiger partial charge in [-0.05, 0) is 12.8 Å². The Balaban J connectivity index is 3.53. The SMILES string of the molecule is CCCCCCCC(=O)NC(CO)CCCC. The maximum absolute atomic E-state index is 11.6. The highest BCUT2D eigenvalue weighted by Crippen LogP contribution is 2.06. The molecule has 17 heavy (non-hydrogen) atoms. The van der Waals surface area contributed by atoms with Crippen LogP contribution in [0.3, 0.4) is 0 Å². The second kappa shape index (κ2) is 11.9. The maximum atomic E-state index is 11.6. The number of carbonyl (C=O) groups is 1. The fourth-order valence-corrected chi connectivity index (χ4v) is 1.85. The number of aliphatic hydroxyl groups excluding tert-OH is 1. The molecule has 2 N–H and O–H groups in total. The standard InChI is InChI=1S/C14H29NO2/c1-3-5-7-8-9-11-14(17)15-13(12-16)10-6-4-2/h13,16H,3-12H2,1-2H3,(H,15,17). The minimum absolute atomic E-state index is 0.0434. The molecule has 0 aliphatic heterocycles. The van der Waals surface area contributed by atoms with Gasteiger partial charge in [0.05, 0.1) is 12.6 Å². The summed E-state index contributed by atoms with van der Waals surface area (Å²) >= 11 is 0. The molecule has 0 aromatic rings. The molecule has 0 aliphatic rings. The topological polar surface area (TPSA) is 49.3 Å². The Morgan fingerprint density at radius 2 is 1.71 bits per heavy atom. The molecule has 0 rings (SSSR count). The molecule has 0 fully saturated rings. The first-order chi connectivity index (χ1) is 8.24. The van der Waals surface area contributed by atoms with Crippen LogP contribution in [-0.2, 0) is 4.79 Å². The molecule has 1 unspecified atom stereocenters. The van der Waals surface area contributed by atoms with Crippen molar-refractivity contribution in [3.8, 4) is 0 Å². The van der Waals surface area contributed by atoms with Gasteiger partial charge in [-0.2, -0.15) is 0 Å². The highest BCUT2D eigenvalue weighted by atomic mass is 16.3. The second-order valence-corrected chi connectivity index (χ2v) is 4.75. The van der Waals surface area contributed by atoms with Crippen LogP contribution >= 0.6 is 0 Å². The van der Waals surface area contributed by atoms with Crippen LogP contribution in [0.5, 0.6) is 0 Å². The van der Waals surface area contributed by atoms with Gasteiger partial charge in [0.2, 0.25) is 5.91 Å². The molecular weight excluding hydrogens is 214 g/mol. The fourth-order valence-electron chi connectivity index (χ4n) is 1.85. The largest absolute Gasteiger partial charge is 0.394 e. The van der Waals surface area contributed by atoms with Gasteiger partial charge < -0.3 is 10.4 Å². The van der Waals surface area contributed by atoms with Crippen molar-refractivity contribution < 1.29 is 9.90 Å². The first kappa shape index (κ1) is 16.4. The van der Waals surface area contributed by atoms with Gasteiger partial charge >= 0.3 is 0 Å². The third-order valence-corrected chi connectivity index (χ3v) is 3.00. The van der Waals surface area contributed by atoms with E-state index in [9.17, 15) is 4.79 Å². The van der Waals surface area contributed by atoms with Gasteiger partial charge in [-0.3, -0.25) is 4.79 Å². The number of aliphatic hydroxyl groups is 1. The van der Waals surface area contributed by atoms with E-state index < -0.39 is 0 Å². The Morgan fingerprint density at radius 3 is 2.29 bits per heavy atom. The van der Waals surface area contributed by atoms with Crippen molar-refractivity contribution in [3.63, 3.8) is 0 Å². The molecule has 0 saturated carbocycles. The van der Waals surface area contributed by atoms with Gasteiger partial charge in [0.25, 0.3) is 0 Å². The monoisotopic (exact) mass is 243 g/mol. The Labute approximate surface area is 106 Å². The maximum Gasteiger partial charge on any atom is 0.220 e. The van der Waals surface area contributed by atoms with E-state index >= 15 is 0 Å². The van der Waals surface area contributed by atoms with Crippen LogP contribution in [0.1, 0.15) is 71.6 Å². The lowest BCUT2D eigenvalue weighted by molar-refractivity contribution is -0.122. The molecule has 0 heterocycles. The fraction of sp³-hybridized carbons (Fsp3) is 0.929. The Kier molecular flexibility index (Phi) is 11.5. The van der Waals surface area contributed by atoms with Crippen LogP contribution in [0.2, 0.25) is 0 Å². The van der Waals surface area contributed by atoms with Crippen molar-refractivity contribution in [1.82, 2.24) is 5.32 Å². The lowest BCUT2D eigenvalue weighted by atomic mass is 10.1. The number of amides is 1. The molecule has 0 aliphatic carbocycles. The number of nitrogens with one attached hydrogen (secondary N) is 1. The summed E-state index contributed by atoms with van der Waals surface area (Å²) < 4.78 is 0. The predicted molar refractivity (Wildman–Crippen MR) is 71.9 cm³/mol.